The van der Waals surface area contributed by atoms with Crippen LogP contribution in [0.5, 0.6) is 0 Å². The fraction of sp³-hybridized carbons (Fsp3) is 0.364. The van der Waals surface area contributed by atoms with Gasteiger partial charge in [-0.15, -0.1) is 0 Å². The van der Waals surface area contributed by atoms with Crippen molar-refractivity contribution in [1.82, 2.24) is 9.53 Å². The van der Waals surface area contributed by atoms with E-state index in [1.165, 1.54) is 17.7 Å². The number of hydrogen-bond donors (Lipinski definition) is 1. The van der Waals surface area contributed by atoms with Crippen molar-refractivity contribution in [2.75, 3.05) is 5.32 Å². The maximum Gasteiger partial charge on any atom is 0.258 e. The number of nitrogens with one attached hydrogen (secondary N) is 1. The van der Waals surface area contributed by atoms with Gasteiger partial charge in [-0.1, -0.05) is 19.0 Å². The van der Waals surface area contributed by atoms with E-state index in [0.29, 0.717) is 17.0 Å². The molecule has 2 heterocycles. The highest BCUT2D eigenvalue weighted by atomic mass is 32.1. The van der Waals surface area contributed by atoms with Gasteiger partial charge in [0.25, 0.3) is 5.91 Å². The van der Waals surface area contributed by atoms with E-state index >= 15 is 0 Å². The van der Waals surface area contributed by atoms with Gasteiger partial charge in [0.05, 0.1) is 17.5 Å². The Hall–Kier alpha value is -1.69. The number of aryl methyl sites for hydroxylation is 1. The monoisotopic (exact) mass is 251 g/mol. The molecule has 0 bridgehead atoms. The highest BCUT2D eigenvalue weighted by molar-refractivity contribution is 7.04. The predicted octanol–water partition coefficient (Wildman–Crippen LogP) is 2.82. The van der Waals surface area contributed by atoms with Gasteiger partial charge < -0.3 is 9.84 Å². The summed E-state index contributed by atoms with van der Waals surface area (Å²) in [5, 5.41) is 8.21. The van der Waals surface area contributed by atoms with Crippen LogP contribution in [0.15, 0.2) is 16.1 Å². The van der Waals surface area contributed by atoms with Crippen molar-refractivity contribution in [3.05, 3.63) is 28.6 Å². The molecule has 1 amide bonds. The molecule has 17 heavy (non-hydrogen) atoms. The summed E-state index contributed by atoms with van der Waals surface area (Å²) in [7, 11) is 0. The third-order valence-corrected chi connectivity index (χ3v) is 3.09. The zero-order valence-corrected chi connectivity index (χ0v) is 10.7. The summed E-state index contributed by atoms with van der Waals surface area (Å²) >= 11 is 1.27. The van der Waals surface area contributed by atoms with E-state index in [2.05, 4.69) is 14.8 Å². The van der Waals surface area contributed by atoms with Crippen molar-refractivity contribution in [2.45, 2.75) is 26.7 Å². The maximum atomic E-state index is 12.0. The Kier molecular flexibility index (Phi) is 3.23. The number of hydrogen-bond acceptors (Lipinski definition) is 5. The van der Waals surface area contributed by atoms with Gasteiger partial charge in [0.1, 0.15) is 5.69 Å². The molecule has 0 fully saturated rings. The Labute approximate surface area is 103 Å². The fourth-order valence-corrected chi connectivity index (χ4v) is 2.15. The Morgan fingerprint density at radius 2 is 2.29 bits per heavy atom. The minimum absolute atomic E-state index is 0.175. The number of aromatic nitrogens is 2. The van der Waals surface area contributed by atoms with Gasteiger partial charge in [-0.2, -0.15) is 4.37 Å². The summed E-state index contributed by atoms with van der Waals surface area (Å²) in [6, 6.07) is 0. The minimum Gasteiger partial charge on any atom is -0.359 e. The van der Waals surface area contributed by atoms with Gasteiger partial charge in [0, 0.05) is 11.3 Å². The first-order valence-corrected chi connectivity index (χ1v) is 6.10. The number of amides is 1. The molecule has 0 radical (unpaired) electrons. The Morgan fingerprint density at radius 3 is 2.88 bits per heavy atom. The number of rotatable bonds is 3. The van der Waals surface area contributed by atoms with Crippen LogP contribution in [0.4, 0.5) is 5.69 Å². The Balaban J connectivity index is 2.19. The molecule has 0 aliphatic heterocycles. The van der Waals surface area contributed by atoms with Gasteiger partial charge in [0.15, 0.2) is 5.76 Å². The van der Waals surface area contributed by atoms with Crippen molar-refractivity contribution >= 4 is 23.1 Å². The highest BCUT2D eigenvalue weighted by Crippen LogP contribution is 2.24. The van der Waals surface area contributed by atoms with E-state index in [-0.39, 0.29) is 11.8 Å². The first kappa shape index (κ1) is 11.8. The van der Waals surface area contributed by atoms with Crippen LogP contribution in [0.1, 0.15) is 41.6 Å². The summed E-state index contributed by atoms with van der Waals surface area (Å²) in [6.07, 6.45) is 1.52. The third kappa shape index (κ3) is 2.36. The second kappa shape index (κ2) is 4.67. The van der Waals surface area contributed by atoms with Crippen LogP contribution in [0.25, 0.3) is 0 Å². The van der Waals surface area contributed by atoms with E-state index < -0.39 is 0 Å². The molecule has 5 nitrogen and oxygen atoms in total. The number of nitrogens with zero attached hydrogens (tertiary/aromatic N) is 2. The second-order valence-corrected chi connectivity index (χ2v) is 4.66. The van der Waals surface area contributed by atoms with Crippen molar-refractivity contribution in [3.8, 4) is 0 Å². The third-order valence-electron chi connectivity index (χ3n) is 2.37. The SMILES string of the molecule is Cc1nscc1C(=O)Nc1cnoc1C(C)C. The molecule has 2 aromatic heterocycles. The molecule has 6 heteroatoms. The number of anilines is 1. The molecule has 0 aliphatic rings. The largest absolute Gasteiger partial charge is 0.359 e. The summed E-state index contributed by atoms with van der Waals surface area (Å²) < 4.78 is 9.16. The van der Waals surface area contributed by atoms with Crippen LogP contribution in [0, 0.1) is 6.92 Å². The van der Waals surface area contributed by atoms with Crippen LogP contribution < -0.4 is 5.32 Å². The average molecular weight is 251 g/mol. The van der Waals surface area contributed by atoms with Crippen molar-refractivity contribution in [2.24, 2.45) is 0 Å². The highest BCUT2D eigenvalue weighted by Gasteiger charge is 2.17. The minimum atomic E-state index is -0.179. The standard InChI is InChI=1S/C11H13N3O2S/c1-6(2)10-9(4-12-16-10)13-11(15)8-5-17-14-7(8)3/h4-6H,1-3H3,(H,13,15). The van der Waals surface area contributed by atoms with E-state index in [1.54, 1.807) is 5.38 Å². The lowest BCUT2D eigenvalue weighted by Crippen LogP contribution is -2.13. The summed E-state index contributed by atoms with van der Waals surface area (Å²) in [6.45, 7) is 5.77. The molecule has 0 spiro atoms. The van der Waals surface area contributed by atoms with E-state index in [1.807, 2.05) is 20.8 Å². The zero-order chi connectivity index (χ0) is 12.4. The molecule has 1 N–H and O–H groups in total. The molecule has 2 aromatic rings. The topological polar surface area (TPSA) is 68.0 Å². The first-order valence-electron chi connectivity index (χ1n) is 5.26. The van der Waals surface area contributed by atoms with Crippen LogP contribution >= 0.6 is 11.5 Å². The van der Waals surface area contributed by atoms with Gasteiger partial charge in [0.2, 0.25) is 0 Å². The van der Waals surface area contributed by atoms with Crippen molar-refractivity contribution in [3.63, 3.8) is 0 Å². The fourth-order valence-electron chi connectivity index (χ4n) is 1.46. The molecule has 0 saturated heterocycles. The van der Waals surface area contributed by atoms with Crippen LogP contribution in [0.2, 0.25) is 0 Å². The van der Waals surface area contributed by atoms with Gasteiger partial charge in [-0.05, 0) is 18.5 Å². The smallest absolute Gasteiger partial charge is 0.258 e. The van der Waals surface area contributed by atoms with E-state index in [4.69, 9.17) is 4.52 Å². The lowest BCUT2D eigenvalue weighted by Gasteiger charge is -2.05. The van der Waals surface area contributed by atoms with Crippen molar-refractivity contribution < 1.29 is 9.32 Å². The normalized spacial score (nSPS) is 10.8. The summed E-state index contributed by atoms with van der Waals surface area (Å²) in [5.74, 6) is 0.676. The van der Waals surface area contributed by atoms with Gasteiger partial charge in [-0.3, -0.25) is 4.79 Å². The van der Waals surface area contributed by atoms with E-state index in [0.717, 1.165) is 5.69 Å². The molecule has 0 aliphatic carbocycles. The molecular weight excluding hydrogens is 238 g/mol. The molecule has 0 unspecified atom stereocenters. The number of carbonyl (C=O) groups is 1. The summed E-state index contributed by atoms with van der Waals surface area (Å²) in [5.41, 5.74) is 1.94. The predicted molar refractivity (Wildman–Crippen MR) is 65.4 cm³/mol. The lowest BCUT2D eigenvalue weighted by atomic mass is 10.1. The molecule has 0 aromatic carbocycles. The van der Waals surface area contributed by atoms with Gasteiger partial charge in [-0.25, -0.2) is 0 Å². The maximum absolute atomic E-state index is 12.0. The van der Waals surface area contributed by atoms with E-state index in [9.17, 15) is 4.79 Å². The Morgan fingerprint density at radius 1 is 1.53 bits per heavy atom. The quantitative estimate of drug-likeness (QED) is 0.910. The molecule has 0 atom stereocenters. The first-order chi connectivity index (χ1) is 8.09. The Bertz CT molecular complexity index is 530. The van der Waals surface area contributed by atoms with Crippen molar-refractivity contribution in [1.29, 1.82) is 0 Å². The van der Waals surface area contributed by atoms with Crippen LogP contribution in [0.3, 0.4) is 0 Å². The zero-order valence-electron chi connectivity index (χ0n) is 9.85. The molecular formula is C11H13N3O2S. The van der Waals surface area contributed by atoms with Crippen LogP contribution in [-0.2, 0) is 0 Å². The molecule has 2 rings (SSSR count). The lowest BCUT2D eigenvalue weighted by molar-refractivity contribution is 0.102. The van der Waals surface area contributed by atoms with Crippen LogP contribution in [-0.4, -0.2) is 15.4 Å². The van der Waals surface area contributed by atoms with Gasteiger partial charge >= 0.3 is 0 Å². The summed E-state index contributed by atoms with van der Waals surface area (Å²) in [4.78, 5) is 12.0. The second-order valence-electron chi connectivity index (χ2n) is 4.03. The molecule has 90 valence electrons. The number of carbonyl (C=O) groups excluding carboxylic acids is 1. The molecule has 0 saturated carbocycles. The average Bonchev–Trinajstić information content (AvgIpc) is 2.86.